The summed E-state index contributed by atoms with van der Waals surface area (Å²) in [7, 11) is 1.71. The maximum atomic E-state index is 13.7. The fourth-order valence-corrected chi connectivity index (χ4v) is 4.24. The minimum atomic E-state index is -0.628. The summed E-state index contributed by atoms with van der Waals surface area (Å²) >= 11 is 0. The number of nitrogens with zero attached hydrogens (tertiary/aromatic N) is 1. The molecule has 1 heterocycles. The second kappa shape index (κ2) is 9.42. The lowest BCUT2D eigenvalue weighted by atomic mass is 10.0. The first-order valence-corrected chi connectivity index (χ1v) is 11.1. The zero-order chi connectivity index (χ0) is 23.5. The van der Waals surface area contributed by atoms with Crippen molar-refractivity contribution in [1.29, 1.82) is 0 Å². The summed E-state index contributed by atoms with van der Waals surface area (Å²) < 4.78 is 0. The number of fused-ring (bicyclic) bond motifs is 2. The molecule has 0 aliphatic carbocycles. The van der Waals surface area contributed by atoms with Gasteiger partial charge in [0, 0.05) is 11.3 Å². The summed E-state index contributed by atoms with van der Waals surface area (Å²) in [6, 6.07) is 18.0. The van der Waals surface area contributed by atoms with Crippen LogP contribution in [0.4, 0.5) is 5.69 Å². The molecular formula is C26H28N4O3. The number of nitrogens with two attached hydrogens (primary N) is 1. The van der Waals surface area contributed by atoms with Crippen molar-refractivity contribution in [1.82, 2.24) is 10.6 Å². The molecule has 0 bridgehead atoms. The molecule has 0 aromatic heterocycles. The zero-order valence-corrected chi connectivity index (χ0v) is 18.8. The highest BCUT2D eigenvalue weighted by Crippen LogP contribution is 2.30. The van der Waals surface area contributed by atoms with Gasteiger partial charge in [-0.15, -0.1) is 0 Å². The third-order valence-corrected chi connectivity index (χ3v) is 6.28. The van der Waals surface area contributed by atoms with E-state index >= 15 is 0 Å². The van der Waals surface area contributed by atoms with Crippen LogP contribution in [0.2, 0.25) is 0 Å². The third kappa shape index (κ3) is 4.59. The molecule has 1 aliphatic heterocycles. The molecule has 0 saturated heterocycles. The van der Waals surface area contributed by atoms with E-state index in [0.29, 0.717) is 24.9 Å². The standard InChI is InChI=1S/C26H28N4O3/c1-16(28-2)25(32)29-22-13-12-18-6-3-4-9-23(18)30(26(22)33)15-20-8-5-7-17-10-11-19(24(27)31)14-21(17)20/h3-11,14,16,22,28H,12-13,15H2,1-2H3,(H2,27,31)(H,29,32)/t16-,22?/m0/s1. The number of hydrogen-bond donors (Lipinski definition) is 3. The Bertz CT molecular complexity index is 1220. The van der Waals surface area contributed by atoms with Crippen molar-refractivity contribution >= 4 is 34.2 Å². The summed E-state index contributed by atoms with van der Waals surface area (Å²) in [4.78, 5) is 39.7. The molecule has 1 aliphatic rings. The first kappa shape index (κ1) is 22.5. The minimum Gasteiger partial charge on any atom is -0.366 e. The molecule has 33 heavy (non-hydrogen) atoms. The van der Waals surface area contributed by atoms with Crippen LogP contribution in [0.5, 0.6) is 0 Å². The minimum absolute atomic E-state index is 0.153. The fraction of sp³-hybridized carbons (Fsp3) is 0.269. The van der Waals surface area contributed by atoms with E-state index in [1.165, 1.54) is 0 Å². The van der Waals surface area contributed by atoms with Crippen molar-refractivity contribution < 1.29 is 14.4 Å². The van der Waals surface area contributed by atoms with Gasteiger partial charge in [-0.25, -0.2) is 0 Å². The maximum absolute atomic E-state index is 13.7. The number of para-hydroxylation sites is 1. The number of carbonyl (C=O) groups is 3. The van der Waals surface area contributed by atoms with Crippen molar-refractivity contribution in [3.8, 4) is 0 Å². The molecule has 170 valence electrons. The monoisotopic (exact) mass is 444 g/mol. The molecule has 2 atom stereocenters. The Labute approximate surface area is 192 Å². The Morgan fingerprint density at radius 2 is 1.91 bits per heavy atom. The number of anilines is 1. The van der Waals surface area contributed by atoms with Crippen molar-refractivity contribution in [2.75, 3.05) is 11.9 Å². The summed E-state index contributed by atoms with van der Waals surface area (Å²) in [6.07, 6.45) is 1.20. The van der Waals surface area contributed by atoms with E-state index in [-0.39, 0.29) is 11.8 Å². The highest BCUT2D eigenvalue weighted by atomic mass is 16.2. The zero-order valence-electron chi connectivity index (χ0n) is 18.8. The van der Waals surface area contributed by atoms with E-state index in [4.69, 9.17) is 5.73 Å². The SMILES string of the molecule is CN[C@@H](C)C(=O)NC1CCc2ccccc2N(Cc2cccc3ccc(C(N)=O)cc23)C1=O. The van der Waals surface area contributed by atoms with Gasteiger partial charge in [0.25, 0.3) is 0 Å². The molecular weight excluding hydrogens is 416 g/mol. The van der Waals surface area contributed by atoms with Crippen LogP contribution in [0.3, 0.4) is 0 Å². The molecule has 7 heteroatoms. The fourth-order valence-electron chi connectivity index (χ4n) is 4.24. The highest BCUT2D eigenvalue weighted by Gasteiger charge is 2.32. The van der Waals surface area contributed by atoms with Crippen LogP contribution in [0.15, 0.2) is 60.7 Å². The quantitative estimate of drug-likeness (QED) is 0.543. The number of primary amides is 1. The first-order valence-electron chi connectivity index (χ1n) is 11.1. The molecule has 4 rings (SSSR count). The Hall–Kier alpha value is -3.71. The molecule has 3 aromatic carbocycles. The van der Waals surface area contributed by atoms with Crippen LogP contribution in [0.25, 0.3) is 10.8 Å². The molecule has 3 amide bonds. The summed E-state index contributed by atoms with van der Waals surface area (Å²) in [5.74, 6) is -0.859. The second-order valence-corrected chi connectivity index (χ2v) is 8.38. The molecule has 0 radical (unpaired) electrons. The van der Waals surface area contributed by atoms with Gasteiger partial charge < -0.3 is 21.3 Å². The Balaban J connectivity index is 1.74. The largest absolute Gasteiger partial charge is 0.366 e. The lowest BCUT2D eigenvalue weighted by Crippen LogP contribution is -2.52. The van der Waals surface area contributed by atoms with Crippen LogP contribution in [0, 0.1) is 0 Å². The van der Waals surface area contributed by atoms with Gasteiger partial charge in [0.05, 0.1) is 12.6 Å². The smallest absolute Gasteiger partial charge is 0.249 e. The lowest BCUT2D eigenvalue weighted by Gasteiger charge is -2.27. The van der Waals surface area contributed by atoms with E-state index in [0.717, 1.165) is 27.6 Å². The maximum Gasteiger partial charge on any atom is 0.249 e. The number of rotatable bonds is 6. The summed E-state index contributed by atoms with van der Waals surface area (Å²) in [5, 5.41) is 7.66. The summed E-state index contributed by atoms with van der Waals surface area (Å²) in [6.45, 7) is 2.07. The van der Waals surface area contributed by atoms with Gasteiger partial charge in [0.15, 0.2) is 0 Å². The molecule has 0 spiro atoms. The predicted octanol–water partition coefficient (Wildman–Crippen LogP) is 2.51. The number of amides is 3. The molecule has 7 nitrogen and oxygen atoms in total. The molecule has 1 unspecified atom stereocenters. The Morgan fingerprint density at radius 1 is 1.12 bits per heavy atom. The van der Waals surface area contributed by atoms with Gasteiger partial charge in [-0.1, -0.05) is 42.5 Å². The molecule has 0 saturated carbocycles. The van der Waals surface area contributed by atoms with Crippen molar-refractivity contribution in [2.45, 2.75) is 38.4 Å². The number of aryl methyl sites for hydroxylation is 1. The van der Waals surface area contributed by atoms with Gasteiger partial charge >= 0.3 is 0 Å². The van der Waals surface area contributed by atoms with Crippen LogP contribution in [-0.2, 0) is 22.6 Å². The normalized spacial score (nSPS) is 16.7. The van der Waals surface area contributed by atoms with Gasteiger partial charge in [0.1, 0.15) is 6.04 Å². The number of benzene rings is 3. The highest BCUT2D eigenvalue weighted by molar-refractivity contribution is 6.02. The lowest BCUT2D eigenvalue weighted by molar-refractivity contribution is -0.128. The molecule has 3 aromatic rings. The van der Waals surface area contributed by atoms with Crippen molar-refractivity contribution in [3.05, 3.63) is 77.4 Å². The summed E-state index contributed by atoms with van der Waals surface area (Å²) in [5.41, 5.74) is 8.71. The van der Waals surface area contributed by atoms with Gasteiger partial charge in [-0.2, -0.15) is 0 Å². The van der Waals surface area contributed by atoms with Crippen LogP contribution >= 0.6 is 0 Å². The van der Waals surface area contributed by atoms with E-state index in [1.807, 2.05) is 48.5 Å². The van der Waals surface area contributed by atoms with Crippen molar-refractivity contribution in [2.24, 2.45) is 5.73 Å². The average Bonchev–Trinajstić information content (AvgIpc) is 2.95. The van der Waals surface area contributed by atoms with Crippen LogP contribution < -0.4 is 21.3 Å². The molecule has 0 fully saturated rings. The van der Waals surface area contributed by atoms with E-state index in [2.05, 4.69) is 10.6 Å². The van der Waals surface area contributed by atoms with Crippen LogP contribution in [0.1, 0.15) is 34.8 Å². The topological polar surface area (TPSA) is 105 Å². The van der Waals surface area contributed by atoms with Gasteiger partial charge in [-0.3, -0.25) is 14.4 Å². The Morgan fingerprint density at radius 3 is 2.67 bits per heavy atom. The number of nitrogens with one attached hydrogen (secondary N) is 2. The molecule has 4 N–H and O–H groups in total. The number of likely N-dealkylation sites (N-methyl/N-ethyl adjacent to an activating group) is 1. The average molecular weight is 445 g/mol. The van der Waals surface area contributed by atoms with Gasteiger partial charge in [0.2, 0.25) is 17.7 Å². The van der Waals surface area contributed by atoms with Gasteiger partial charge in [-0.05, 0) is 66.9 Å². The second-order valence-electron chi connectivity index (χ2n) is 8.38. The van der Waals surface area contributed by atoms with Crippen LogP contribution in [-0.4, -0.2) is 36.9 Å². The van der Waals surface area contributed by atoms with E-state index < -0.39 is 18.0 Å². The predicted molar refractivity (Wildman–Crippen MR) is 129 cm³/mol. The van der Waals surface area contributed by atoms with Crippen molar-refractivity contribution in [3.63, 3.8) is 0 Å². The number of carbonyl (C=O) groups excluding carboxylic acids is 3. The third-order valence-electron chi connectivity index (χ3n) is 6.28. The van der Waals surface area contributed by atoms with E-state index in [9.17, 15) is 14.4 Å². The number of hydrogen-bond acceptors (Lipinski definition) is 4. The van der Waals surface area contributed by atoms with E-state index in [1.54, 1.807) is 31.0 Å². The Kier molecular flexibility index (Phi) is 6.42. The first-order chi connectivity index (χ1) is 15.9.